The molecule has 102 valence electrons. The molecule has 0 saturated carbocycles. The minimum Gasteiger partial charge on any atom is -0.481 e. The predicted octanol–water partition coefficient (Wildman–Crippen LogP) is 1.10. The maximum atomic E-state index is 10.4. The average Bonchev–Trinajstić information content (AvgIpc) is 2.63. The van der Waals surface area contributed by atoms with Crippen LogP contribution in [0.1, 0.15) is 37.8 Å². The Kier molecular flexibility index (Phi) is 5.77. The van der Waals surface area contributed by atoms with Gasteiger partial charge in [-0.3, -0.25) is 4.79 Å². The fourth-order valence-electron chi connectivity index (χ4n) is 1.67. The van der Waals surface area contributed by atoms with Gasteiger partial charge in [0.2, 0.25) is 0 Å². The lowest BCUT2D eigenvalue weighted by Gasteiger charge is -2.10. The number of carboxylic acid groups (broad SMARTS) is 1. The smallest absolute Gasteiger partial charge is 0.303 e. The summed E-state index contributed by atoms with van der Waals surface area (Å²) in [5.74, 6) is 1.53. The number of hydrogen-bond acceptors (Lipinski definition) is 4. The van der Waals surface area contributed by atoms with Crippen LogP contribution in [0.3, 0.4) is 0 Å². The molecule has 0 fully saturated rings. The third kappa shape index (κ3) is 4.83. The van der Waals surface area contributed by atoms with E-state index >= 15 is 0 Å². The number of carbonyl (C=O) groups is 1. The number of aromatic nitrogens is 3. The minimum atomic E-state index is -0.718. The van der Waals surface area contributed by atoms with Crippen LogP contribution in [0, 0.1) is 12.8 Å². The van der Waals surface area contributed by atoms with Gasteiger partial charge in [0, 0.05) is 13.5 Å². The molecule has 0 aliphatic heterocycles. The van der Waals surface area contributed by atoms with Gasteiger partial charge in [-0.2, -0.15) is 0 Å². The molecule has 1 aromatic heterocycles. The van der Waals surface area contributed by atoms with Gasteiger partial charge in [0.15, 0.2) is 0 Å². The van der Waals surface area contributed by atoms with Crippen molar-refractivity contribution in [3.63, 3.8) is 0 Å². The van der Waals surface area contributed by atoms with Crippen molar-refractivity contribution >= 4 is 5.97 Å². The summed E-state index contributed by atoms with van der Waals surface area (Å²) in [4.78, 5) is 10.4. The Hall–Kier alpha value is -1.43. The van der Waals surface area contributed by atoms with Gasteiger partial charge in [-0.15, -0.1) is 10.2 Å². The van der Waals surface area contributed by atoms with Crippen molar-refractivity contribution < 1.29 is 9.90 Å². The Morgan fingerprint density at radius 1 is 1.44 bits per heavy atom. The van der Waals surface area contributed by atoms with E-state index in [1.807, 2.05) is 18.5 Å². The normalized spacial score (nSPS) is 12.6. The van der Waals surface area contributed by atoms with Gasteiger partial charge in [0.05, 0.1) is 6.54 Å². The molecule has 0 bridgehead atoms. The van der Waals surface area contributed by atoms with Crippen molar-refractivity contribution in [3.8, 4) is 0 Å². The molecule has 1 rings (SSSR count). The van der Waals surface area contributed by atoms with E-state index in [9.17, 15) is 4.79 Å². The highest BCUT2D eigenvalue weighted by molar-refractivity contribution is 5.66. The van der Waals surface area contributed by atoms with Crippen LogP contribution in [0.25, 0.3) is 0 Å². The Balaban J connectivity index is 2.15. The molecule has 0 aromatic carbocycles. The number of aryl methyl sites for hydroxylation is 1. The van der Waals surface area contributed by atoms with Crippen molar-refractivity contribution in [1.29, 1.82) is 0 Å². The summed E-state index contributed by atoms with van der Waals surface area (Å²) in [6.07, 6.45) is 1.97. The van der Waals surface area contributed by atoms with E-state index in [2.05, 4.69) is 22.4 Å². The van der Waals surface area contributed by atoms with Crippen LogP contribution >= 0.6 is 0 Å². The molecule has 0 aliphatic rings. The van der Waals surface area contributed by atoms with Crippen LogP contribution < -0.4 is 5.32 Å². The van der Waals surface area contributed by atoms with Gasteiger partial charge in [0.25, 0.3) is 0 Å². The summed E-state index contributed by atoms with van der Waals surface area (Å²) in [6, 6.07) is 0. The summed E-state index contributed by atoms with van der Waals surface area (Å²) in [5, 5.41) is 19.9. The van der Waals surface area contributed by atoms with Crippen molar-refractivity contribution in [2.75, 3.05) is 6.54 Å². The largest absolute Gasteiger partial charge is 0.481 e. The van der Waals surface area contributed by atoms with Crippen LogP contribution in [0.15, 0.2) is 0 Å². The van der Waals surface area contributed by atoms with Crippen LogP contribution in [-0.2, 0) is 18.4 Å². The summed E-state index contributed by atoms with van der Waals surface area (Å²) in [5.41, 5.74) is 0. The number of nitrogens with zero attached hydrogens (tertiary/aromatic N) is 3. The van der Waals surface area contributed by atoms with Gasteiger partial charge in [-0.25, -0.2) is 0 Å². The Morgan fingerprint density at radius 2 is 2.17 bits per heavy atom. The molecule has 0 saturated heterocycles. The van der Waals surface area contributed by atoms with E-state index in [4.69, 9.17) is 5.11 Å². The third-order valence-electron chi connectivity index (χ3n) is 3.13. The summed E-state index contributed by atoms with van der Waals surface area (Å²) in [7, 11) is 1.95. The van der Waals surface area contributed by atoms with E-state index in [0.717, 1.165) is 31.0 Å². The predicted molar refractivity (Wildman–Crippen MR) is 68.1 cm³/mol. The van der Waals surface area contributed by atoms with Crippen molar-refractivity contribution in [2.45, 2.75) is 39.7 Å². The van der Waals surface area contributed by atoms with Gasteiger partial charge >= 0.3 is 5.97 Å². The summed E-state index contributed by atoms with van der Waals surface area (Å²) in [6.45, 7) is 5.57. The monoisotopic (exact) mass is 254 g/mol. The maximum Gasteiger partial charge on any atom is 0.303 e. The van der Waals surface area contributed by atoms with E-state index in [1.165, 1.54) is 0 Å². The van der Waals surface area contributed by atoms with E-state index in [-0.39, 0.29) is 6.42 Å². The molecule has 6 nitrogen and oxygen atoms in total. The third-order valence-corrected chi connectivity index (χ3v) is 3.13. The number of aliphatic carboxylic acids is 1. The van der Waals surface area contributed by atoms with Gasteiger partial charge in [-0.05, 0) is 32.2 Å². The fraction of sp³-hybridized carbons (Fsp3) is 0.750. The first-order valence-corrected chi connectivity index (χ1v) is 6.28. The molecule has 1 unspecified atom stereocenters. The number of hydrogen-bond donors (Lipinski definition) is 2. The second-order valence-corrected chi connectivity index (χ2v) is 4.73. The fourth-order valence-corrected chi connectivity index (χ4v) is 1.67. The molecular formula is C12H22N4O2. The number of carboxylic acids is 1. The summed E-state index contributed by atoms with van der Waals surface area (Å²) < 4.78 is 1.96. The number of rotatable bonds is 8. The minimum absolute atomic E-state index is 0.254. The Morgan fingerprint density at radius 3 is 2.72 bits per heavy atom. The number of nitrogens with one attached hydrogen (secondary N) is 1. The van der Waals surface area contributed by atoms with E-state index in [0.29, 0.717) is 12.5 Å². The lowest BCUT2D eigenvalue weighted by Crippen LogP contribution is -2.19. The zero-order valence-electron chi connectivity index (χ0n) is 11.3. The Bertz CT molecular complexity index is 389. The molecular weight excluding hydrogens is 232 g/mol. The Labute approximate surface area is 107 Å². The van der Waals surface area contributed by atoms with Crippen molar-refractivity contribution in [1.82, 2.24) is 20.1 Å². The summed E-state index contributed by atoms with van der Waals surface area (Å²) >= 11 is 0. The first kappa shape index (κ1) is 14.6. The second kappa shape index (κ2) is 7.10. The standard InChI is InChI=1S/C12H22N4O2/c1-9(4-5-12(17)18)6-7-13-8-11-15-14-10(2)16(11)3/h9,13H,4-8H2,1-3H3,(H,17,18). The van der Waals surface area contributed by atoms with Crippen LogP contribution in [0.2, 0.25) is 0 Å². The molecule has 0 amide bonds. The molecule has 0 radical (unpaired) electrons. The molecule has 1 atom stereocenters. The maximum absolute atomic E-state index is 10.4. The topological polar surface area (TPSA) is 80.0 Å². The highest BCUT2D eigenvalue weighted by Crippen LogP contribution is 2.09. The first-order chi connectivity index (χ1) is 8.50. The first-order valence-electron chi connectivity index (χ1n) is 6.28. The zero-order chi connectivity index (χ0) is 13.5. The van der Waals surface area contributed by atoms with Crippen molar-refractivity contribution in [3.05, 3.63) is 11.6 Å². The molecule has 0 aliphatic carbocycles. The lowest BCUT2D eigenvalue weighted by atomic mass is 10.0. The van der Waals surface area contributed by atoms with E-state index < -0.39 is 5.97 Å². The zero-order valence-corrected chi connectivity index (χ0v) is 11.3. The van der Waals surface area contributed by atoms with Crippen LogP contribution in [0.4, 0.5) is 0 Å². The van der Waals surface area contributed by atoms with Crippen LogP contribution in [-0.4, -0.2) is 32.4 Å². The molecule has 0 spiro atoms. The van der Waals surface area contributed by atoms with Gasteiger partial charge in [-0.1, -0.05) is 6.92 Å². The molecule has 1 aromatic rings. The molecule has 1 heterocycles. The quantitative estimate of drug-likeness (QED) is 0.679. The lowest BCUT2D eigenvalue weighted by molar-refractivity contribution is -0.137. The van der Waals surface area contributed by atoms with E-state index in [1.54, 1.807) is 0 Å². The molecule has 2 N–H and O–H groups in total. The van der Waals surface area contributed by atoms with Crippen molar-refractivity contribution in [2.24, 2.45) is 13.0 Å². The highest BCUT2D eigenvalue weighted by Gasteiger charge is 2.06. The SMILES string of the molecule is Cc1nnc(CNCCC(C)CCC(=O)O)n1C. The second-order valence-electron chi connectivity index (χ2n) is 4.73. The molecule has 6 heteroatoms. The molecule has 18 heavy (non-hydrogen) atoms. The van der Waals surface area contributed by atoms with Crippen LogP contribution in [0.5, 0.6) is 0 Å². The highest BCUT2D eigenvalue weighted by atomic mass is 16.4. The van der Waals surface area contributed by atoms with Gasteiger partial charge in [0.1, 0.15) is 11.6 Å². The van der Waals surface area contributed by atoms with Gasteiger partial charge < -0.3 is 15.0 Å². The average molecular weight is 254 g/mol.